The highest BCUT2D eigenvalue weighted by molar-refractivity contribution is 5.50. The Hall–Kier alpha value is -1.09. The van der Waals surface area contributed by atoms with Crippen LogP contribution in [0.25, 0.3) is 0 Å². The molecule has 0 saturated heterocycles. The molecule has 3 heteroatoms. The lowest BCUT2D eigenvalue weighted by Gasteiger charge is -2.25. The summed E-state index contributed by atoms with van der Waals surface area (Å²) in [4.78, 5) is 9.32. The highest BCUT2D eigenvalue weighted by Gasteiger charge is 2.12. The lowest BCUT2D eigenvalue weighted by molar-refractivity contribution is 0.114. The summed E-state index contributed by atoms with van der Waals surface area (Å²) in [7, 11) is 1.90. The lowest BCUT2D eigenvalue weighted by atomic mass is 10.1. The Labute approximate surface area is 65.6 Å². The number of nitrogens with zero attached hydrogens (tertiary/aromatic N) is 2. The zero-order valence-corrected chi connectivity index (χ0v) is 6.45. The average molecular weight is 150 g/mol. The van der Waals surface area contributed by atoms with Gasteiger partial charge in [-0.15, -0.1) is 0 Å². The Morgan fingerprint density at radius 2 is 2.55 bits per heavy atom. The van der Waals surface area contributed by atoms with Crippen molar-refractivity contribution in [1.29, 1.82) is 0 Å². The number of hydrogen-bond acceptors (Lipinski definition) is 3. The van der Waals surface area contributed by atoms with E-state index in [2.05, 4.69) is 4.98 Å². The molecule has 0 bridgehead atoms. The zero-order valence-electron chi connectivity index (χ0n) is 6.45. The van der Waals surface area contributed by atoms with Gasteiger partial charge in [0, 0.05) is 19.7 Å². The van der Waals surface area contributed by atoms with Gasteiger partial charge in [-0.25, -0.2) is 0 Å². The molecule has 1 aromatic heterocycles. The molecule has 1 aromatic rings. The van der Waals surface area contributed by atoms with Crippen LogP contribution < -0.4 is 5.06 Å². The molecule has 2 heterocycles. The van der Waals surface area contributed by atoms with E-state index >= 15 is 0 Å². The highest BCUT2D eigenvalue weighted by atomic mass is 16.7. The van der Waals surface area contributed by atoms with Gasteiger partial charge < -0.3 is 0 Å². The van der Waals surface area contributed by atoms with Crippen LogP contribution in [0.1, 0.15) is 5.56 Å². The van der Waals surface area contributed by atoms with E-state index in [1.807, 2.05) is 25.5 Å². The minimum atomic E-state index is 0.771. The first-order valence-corrected chi connectivity index (χ1v) is 3.67. The molecule has 11 heavy (non-hydrogen) atoms. The van der Waals surface area contributed by atoms with E-state index in [9.17, 15) is 0 Å². The Bertz CT molecular complexity index is 262. The molecule has 0 spiro atoms. The number of fused-ring (bicyclic) bond motifs is 1. The van der Waals surface area contributed by atoms with Crippen molar-refractivity contribution in [3.63, 3.8) is 0 Å². The summed E-state index contributed by atoms with van der Waals surface area (Å²) in [6.07, 6.45) is 4.63. The molecule has 0 amide bonds. The van der Waals surface area contributed by atoms with E-state index in [1.165, 1.54) is 5.56 Å². The van der Waals surface area contributed by atoms with E-state index in [-0.39, 0.29) is 0 Å². The summed E-state index contributed by atoms with van der Waals surface area (Å²) < 4.78 is 0. The zero-order chi connectivity index (χ0) is 7.68. The number of anilines is 1. The molecule has 0 atom stereocenters. The second-order valence-electron chi connectivity index (χ2n) is 2.59. The van der Waals surface area contributed by atoms with Gasteiger partial charge in [0.05, 0.1) is 18.5 Å². The fourth-order valence-electron chi connectivity index (χ4n) is 1.27. The molecule has 0 aromatic carbocycles. The molecular weight excluding hydrogens is 140 g/mol. The van der Waals surface area contributed by atoms with Gasteiger partial charge in [0.1, 0.15) is 0 Å². The summed E-state index contributed by atoms with van der Waals surface area (Å²) in [6.45, 7) is 0.771. The number of hydrogen-bond donors (Lipinski definition) is 0. The van der Waals surface area contributed by atoms with E-state index in [0.717, 1.165) is 18.7 Å². The minimum absolute atomic E-state index is 0.771. The molecule has 0 unspecified atom stereocenters. The fraction of sp³-hybridized carbons (Fsp3) is 0.375. The predicted molar refractivity (Wildman–Crippen MR) is 42.3 cm³/mol. The van der Waals surface area contributed by atoms with Crippen LogP contribution in [0.3, 0.4) is 0 Å². The third kappa shape index (κ3) is 1.07. The van der Waals surface area contributed by atoms with Crippen LogP contribution >= 0.6 is 0 Å². The van der Waals surface area contributed by atoms with Crippen LogP contribution in [-0.2, 0) is 11.3 Å². The van der Waals surface area contributed by atoms with Gasteiger partial charge in [0.15, 0.2) is 0 Å². The van der Waals surface area contributed by atoms with E-state index in [0.29, 0.717) is 0 Å². The molecule has 0 aliphatic carbocycles. The van der Waals surface area contributed by atoms with Crippen molar-refractivity contribution in [1.82, 2.24) is 4.98 Å². The van der Waals surface area contributed by atoms with Crippen molar-refractivity contribution in [3.8, 4) is 0 Å². The molecule has 0 saturated carbocycles. The van der Waals surface area contributed by atoms with E-state index in [4.69, 9.17) is 4.84 Å². The third-order valence-corrected chi connectivity index (χ3v) is 1.88. The summed E-state index contributed by atoms with van der Waals surface area (Å²) >= 11 is 0. The first kappa shape index (κ1) is 6.61. The number of hydroxylamine groups is 1. The second kappa shape index (κ2) is 2.51. The normalized spacial score (nSPS) is 16.3. The van der Waals surface area contributed by atoms with Crippen LogP contribution in [0, 0.1) is 0 Å². The third-order valence-electron chi connectivity index (χ3n) is 1.88. The number of pyridine rings is 1. The Morgan fingerprint density at radius 3 is 3.36 bits per heavy atom. The Kier molecular flexibility index (Phi) is 1.51. The van der Waals surface area contributed by atoms with Crippen LogP contribution in [0.15, 0.2) is 18.5 Å². The average Bonchev–Trinajstić information content (AvgIpc) is 2.06. The monoisotopic (exact) mass is 150 g/mol. The summed E-state index contributed by atoms with van der Waals surface area (Å²) in [5, 5.41) is 1.77. The minimum Gasteiger partial charge on any atom is -0.273 e. The van der Waals surface area contributed by atoms with E-state index in [1.54, 1.807) is 5.06 Å². The maximum atomic E-state index is 5.30. The summed E-state index contributed by atoms with van der Waals surface area (Å²) in [5.41, 5.74) is 2.40. The largest absolute Gasteiger partial charge is 0.273 e. The molecule has 2 rings (SSSR count). The van der Waals surface area contributed by atoms with Crippen LogP contribution in [-0.4, -0.2) is 18.6 Å². The van der Waals surface area contributed by atoms with Crippen LogP contribution in [0.2, 0.25) is 0 Å². The van der Waals surface area contributed by atoms with Crippen molar-refractivity contribution in [2.45, 2.75) is 6.42 Å². The fourth-order valence-corrected chi connectivity index (χ4v) is 1.27. The smallest absolute Gasteiger partial charge is 0.0849 e. The molecule has 0 radical (unpaired) electrons. The van der Waals surface area contributed by atoms with Crippen molar-refractivity contribution in [2.24, 2.45) is 0 Å². The number of aromatic nitrogens is 1. The lowest BCUT2D eigenvalue weighted by Crippen LogP contribution is -2.25. The van der Waals surface area contributed by atoms with Crippen LogP contribution in [0.5, 0.6) is 0 Å². The van der Waals surface area contributed by atoms with Gasteiger partial charge in [-0.3, -0.25) is 14.9 Å². The van der Waals surface area contributed by atoms with Crippen molar-refractivity contribution < 1.29 is 4.84 Å². The summed E-state index contributed by atoms with van der Waals surface area (Å²) in [6, 6.07) is 2.04. The molecule has 3 nitrogen and oxygen atoms in total. The van der Waals surface area contributed by atoms with Crippen molar-refractivity contribution >= 4 is 5.69 Å². The topological polar surface area (TPSA) is 25.4 Å². The first-order chi connectivity index (χ1) is 5.38. The first-order valence-electron chi connectivity index (χ1n) is 3.67. The molecule has 1 aliphatic rings. The molecule has 1 aliphatic heterocycles. The van der Waals surface area contributed by atoms with Gasteiger partial charge in [-0.1, -0.05) is 0 Å². The van der Waals surface area contributed by atoms with Gasteiger partial charge in [-0.2, -0.15) is 0 Å². The quantitative estimate of drug-likeness (QED) is 0.551. The van der Waals surface area contributed by atoms with Gasteiger partial charge in [0.2, 0.25) is 0 Å². The second-order valence-corrected chi connectivity index (χ2v) is 2.59. The SMILES string of the molecule is CN1OCCc2ccncc21. The Morgan fingerprint density at radius 1 is 1.64 bits per heavy atom. The highest BCUT2D eigenvalue weighted by Crippen LogP contribution is 2.22. The molecule has 0 fully saturated rings. The summed E-state index contributed by atoms with van der Waals surface area (Å²) in [5.74, 6) is 0. The van der Waals surface area contributed by atoms with Crippen molar-refractivity contribution in [2.75, 3.05) is 18.7 Å². The maximum absolute atomic E-state index is 5.30. The van der Waals surface area contributed by atoms with Crippen LogP contribution in [0.4, 0.5) is 5.69 Å². The van der Waals surface area contributed by atoms with Crippen molar-refractivity contribution in [3.05, 3.63) is 24.0 Å². The standard InChI is InChI=1S/C8H10N2O/c1-10-8-6-9-4-2-7(8)3-5-11-10/h2,4,6H,3,5H2,1H3. The molecular formula is C8H10N2O. The maximum Gasteiger partial charge on any atom is 0.0849 e. The van der Waals surface area contributed by atoms with Gasteiger partial charge in [-0.05, 0) is 11.6 Å². The molecule has 0 N–H and O–H groups in total. The Balaban J connectivity index is 2.44. The van der Waals surface area contributed by atoms with Gasteiger partial charge >= 0.3 is 0 Å². The number of rotatable bonds is 0. The van der Waals surface area contributed by atoms with Gasteiger partial charge in [0.25, 0.3) is 0 Å². The predicted octanol–water partition coefficient (Wildman–Crippen LogP) is 1.01. The van der Waals surface area contributed by atoms with E-state index < -0.39 is 0 Å². The molecule has 58 valence electrons.